The van der Waals surface area contributed by atoms with Crippen molar-refractivity contribution in [1.29, 1.82) is 0 Å². The molecule has 0 radical (unpaired) electrons. The van der Waals surface area contributed by atoms with Gasteiger partial charge in [-0.05, 0) is 43.5 Å². The van der Waals surface area contributed by atoms with Crippen LogP contribution in [0.15, 0.2) is 18.2 Å². The molecule has 0 unspecified atom stereocenters. The zero-order valence-electron chi connectivity index (χ0n) is 11.2. The summed E-state index contributed by atoms with van der Waals surface area (Å²) < 4.78 is 13.1. The number of carboxylic acid groups (broad SMARTS) is 1. The van der Waals surface area contributed by atoms with E-state index in [0.29, 0.717) is 12.1 Å². The maximum Gasteiger partial charge on any atom is 0.336 e. The largest absolute Gasteiger partial charge is 0.478 e. The van der Waals surface area contributed by atoms with Crippen molar-refractivity contribution in [3.05, 3.63) is 35.1 Å². The molecule has 19 heavy (non-hydrogen) atoms. The van der Waals surface area contributed by atoms with Gasteiger partial charge in [0.05, 0.1) is 5.56 Å². The minimum absolute atomic E-state index is 0.0678. The van der Waals surface area contributed by atoms with Gasteiger partial charge in [0.15, 0.2) is 0 Å². The number of nitrogens with zero attached hydrogens (tertiary/aromatic N) is 1. The Balaban J connectivity index is 2.03. The second-order valence-corrected chi connectivity index (χ2v) is 5.45. The molecule has 1 aromatic carbocycles. The van der Waals surface area contributed by atoms with Crippen molar-refractivity contribution in [2.75, 3.05) is 13.6 Å². The lowest BCUT2D eigenvalue weighted by atomic mass is 10.0. The van der Waals surface area contributed by atoms with E-state index in [1.165, 1.54) is 31.7 Å². The van der Waals surface area contributed by atoms with Crippen LogP contribution in [0.3, 0.4) is 0 Å². The first kappa shape index (κ1) is 14.0. The smallest absolute Gasteiger partial charge is 0.336 e. The predicted octanol–water partition coefficient (Wildman–Crippen LogP) is 3.15. The Bertz CT molecular complexity index is 455. The van der Waals surface area contributed by atoms with Crippen molar-refractivity contribution in [1.82, 2.24) is 4.90 Å². The van der Waals surface area contributed by atoms with Crippen molar-refractivity contribution in [2.45, 2.75) is 32.2 Å². The Morgan fingerprint density at radius 3 is 2.74 bits per heavy atom. The third-order valence-corrected chi connectivity index (χ3v) is 3.79. The second-order valence-electron chi connectivity index (χ2n) is 5.45. The molecule has 1 fully saturated rings. The molecular formula is C15H20FNO2. The maximum absolute atomic E-state index is 13.1. The van der Waals surface area contributed by atoms with Gasteiger partial charge in [0.1, 0.15) is 5.82 Å². The van der Waals surface area contributed by atoms with E-state index in [4.69, 9.17) is 5.11 Å². The summed E-state index contributed by atoms with van der Waals surface area (Å²) in [5.41, 5.74) is 0.743. The average molecular weight is 265 g/mol. The summed E-state index contributed by atoms with van der Waals surface area (Å²) in [6.45, 7) is 1.54. The molecule has 2 rings (SSSR count). The van der Waals surface area contributed by atoms with E-state index in [0.717, 1.165) is 18.5 Å². The number of carbonyl (C=O) groups is 1. The van der Waals surface area contributed by atoms with Crippen molar-refractivity contribution in [2.24, 2.45) is 5.92 Å². The summed E-state index contributed by atoms with van der Waals surface area (Å²) in [6, 6.07) is 4.00. The summed E-state index contributed by atoms with van der Waals surface area (Å²) >= 11 is 0. The number of carboxylic acids is 1. The van der Waals surface area contributed by atoms with Crippen molar-refractivity contribution >= 4 is 5.97 Å². The van der Waals surface area contributed by atoms with Crippen LogP contribution in [0.2, 0.25) is 0 Å². The highest BCUT2D eigenvalue weighted by atomic mass is 19.1. The molecule has 0 aliphatic heterocycles. The predicted molar refractivity (Wildman–Crippen MR) is 71.7 cm³/mol. The van der Waals surface area contributed by atoms with Gasteiger partial charge in [0, 0.05) is 13.1 Å². The number of benzene rings is 1. The van der Waals surface area contributed by atoms with Crippen LogP contribution >= 0.6 is 0 Å². The first-order chi connectivity index (χ1) is 9.06. The molecule has 0 amide bonds. The molecule has 0 atom stereocenters. The second kappa shape index (κ2) is 6.15. The summed E-state index contributed by atoms with van der Waals surface area (Å²) in [5, 5.41) is 9.10. The van der Waals surface area contributed by atoms with Gasteiger partial charge < -0.3 is 10.0 Å². The highest BCUT2D eigenvalue weighted by Gasteiger charge is 2.18. The van der Waals surface area contributed by atoms with Crippen LogP contribution in [0.25, 0.3) is 0 Å². The summed E-state index contributed by atoms with van der Waals surface area (Å²) in [7, 11) is 1.99. The number of halogens is 1. The van der Waals surface area contributed by atoms with E-state index in [-0.39, 0.29) is 5.56 Å². The molecule has 1 N–H and O–H groups in total. The third kappa shape index (κ3) is 3.77. The minimum Gasteiger partial charge on any atom is -0.478 e. The van der Waals surface area contributed by atoms with E-state index in [2.05, 4.69) is 4.90 Å². The van der Waals surface area contributed by atoms with Crippen molar-refractivity contribution in [3.63, 3.8) is 0 Å². The van der Waals surface area contributed by atoms with Crippen LogP contribution in [0.5, 0.6) is 0 Å². The van der Waals surface area contributed by atoms with Gasteiger partial charge in [-0.3, -0.25) is 0 Å². The highest BCUT2D eigenvalue weighted by molar-refractivity contribution is 5.89. The van der Waals surface area contributed by atoms with Crippen molar-refractivity contribution in [3.8, 4) is 0 Å². The molecule has 1 aliphatic rings. The monoisotopic (exact) mass is 265 g/mol. The first-order valence-corrected chi connectivity index (χ1v) is 6.76. The SMILES string of the molecule is CN(Cc1ccc(F)cc1C(=O)O)CC1CCCC1. The molecule has 0 bridgehead atoms. The molecule has 0 heterocycles. The van der Waals surface area contributed by atoms with Crippen LogP contribution in [-0.2, 0) is 6.54 Å². The van der Waals surface area contributed by atoms with Crippen molar-refractivity contribution < 1.29 is 14.3 Å². The van der Waals surface area contributed by atoms with Crippen LogP contribution in [0.4, 0.5) is 4.39 Å². The van der Waals surface area contributed by atoms with Gasteiger partial charge in [-0.1, -0.05) is 18.9 Å². The van der Waals surface area contributed by atoms with E-state index in [1.807, 2.05) is 7.05 Å². The topological polar surface area (TPSA) is 40.5 Å². The molecule has 0 spiro atoms. The standard InChI is InChI=1S/C15H20FNO2/c1-17(9-11-4-2-3-5-11)10-12-6-7-13(16)8-14(12)15(18)19/h6-8,11H,2-5,9-10H2,1H3,(H,18,19). The van der Waals surface area contributed by atoms with Crippen LogP contribution in [0.1, 0.15) is 41.6 Å². The first-order valence-electron chi connectivity index (χ1n) is 6.76. The lowest BCUT2D eigenvalue weighted by Crippen LogP contribution is -2.25. The van der Waals surface area contributed by atoms with E-state index in [9.17, 15) is 9.18 Å². The fourth-order valence-electron chi connectivity index (χ4n) is 2.87. The van der Waals surface area contributed by atoms with Gasteiger partial charge in [0.25, 0.3) is 0 Å². The molecule has 3 nitrogen and oxygen atoms in total. The quantitative estimate of drug-likeness (QED) is 0.889. The molecule has 4 heteroatoms. The maximum atomic E-state index is 13.1. The molecular weight excluding hydrogens is 245 g/mol. The van der Waals surface area contributed by atoms with E-state index in [1.54, 1.807) is 6.07 Å². The van der Waals surface area contributed by atoms with Crippen LogP contribution in [-0.4, -0.2) is 29.6 Å². The average Bonchev–Trinajstić information content (AvgIpc) is 2.83. The zero-order chi connectivity index (χ0) is 13.8. The summed E-state index contributed by atoms with van der Waals surface area (Å²) in [6.07, 6.45) is 5.13. The fraction of sp³-hybridized carbons (Fsp3) is 0.533. The highest BCUT2D eigenvalue weighted by Crippen LogP contribution is 2.25. The molecule has 0 saturated heterocycles. The molecule has 1 aliphatic carbocycles. The Morgan fingerprint density at radius 1 is 1.42 bits per heavy atom. The normalized spacial score (nSPS) is 16.2. The number of aromatic carboxylic acids is 1. The van der Waals surface area contributed by atoms with E-state index >= 15 is 0 Å². The molecule has 104 valence electrons. The Kier molecular flexibility index (Phi) is 4.53. The Morgan fingerprint density at radius 2 is 2.11 bits per heavy atom. The summed E-state index contributed by atoms with van der Waals surface area (Å²) in [5.74, 6) is -0.845. The number of hydrogen-bond donors (Lipinski definition) is 1. The lowest BCUT2D eigenvalue weighted by Gasteiger charge is -2.21. The van der Waals surface area contributed by atoms with Crippen LogP contribution in [0, 0.1) is 11.7 Å². The molecule has 1 saturated carbocycles. The molecule has 1 aromatic rings. The van der Waals surface area contributed by atoms with Gasteiger partial charge >= 0.3 is 5.97 Å². The Labute approximate surface area is 113 Å². The minimum atomic E-state index is -1.07. The number of rotatable bonds is 5. The van der Waals surface area contributed by atoms with Gasteiger partial charge in [-0.2, -0.15) is 0 Å². The van der Waals surface area contributed by atoms with Crippen LogP contribution < -0.4 is 0 Å². The van der Waals surface area contributed by atoms with Gasteiger partial charge in [0.2, 0.25) is 0 Å². The lowest BCUT2D eigenvalue weighted by molar-refractivity contribution is 0.0694. The Hall–Kier alpha value is -1.42. The van der Waals surface area contributed by atoms with Gasteiger partial charge in [-0.15, -0.1) is 0 Å². The van der Waals surface area contributed by atoms with E-state index < -0.39 is 11.8 Å². The molecule has 0 aromatic heterocycles. The zero-order valence-corrected chi connectivity index (χ0v) is 11.2. The number of hydrogen-bond acceptors (Lipinski definition) is 2. The third-order valence-electron chi connectivity index (χ3n) is 3.79. The van der Waals surface area contributed by atoms with Gasteiger partial charge in [-0.25, -0.2) is 9.18 Å². The fourth-order valence-corrected chi connectivity index (χ4v) is 2.87. The summed E-state index contributed by atoms with van der Waals surface area (Å²) in [4.78, 5) is 13.2.